The minimum absolute atomic E-state index is 0.0000923. The van der Waals surface area contributed by atoms with Crippen LogP contribution in [0.1, 0.15) is 40.4 Å². The molecule has 54 heavy (non-hydrogen) atoms. The number of nitrogens with one attached hydrogen (secondary N) is 1. The van der Waals surface area contributed by atoms with E-state index in [4.69, 9.17) is 42.1 Å². The van der Waals surface area contributed by atoms with Crippen molar-refractivity contribution in [1.82, 2.24) is 10.2 Å². The molecular formula is C35H40Cl2F2N4O10S. The van der Waals surface area contributed by atoms with Crippen LogP contribution < -0.4 is 28.6 Å². The molecule has 1 amide bonds. The summed E-state index contributed by atoms with van der Waals surface area (Å²) in [5.41, 5.74) is 0.732. The number of carbonyl (C=O) groups excluding carboxylic acids is 2. The molecule has 1 atom stereocenters. The van der Waals surface area contributed by atoms with E-state index in [2.05, 4.69) is 15.0 Å². The predicted octanol–water partition coefficient (Wildman–Crippen LogP) is 4.38. The molecular weight excluding hydrogens is 777 g/mol. The Bertz CT molecular complexity index is 1890. The molecule has 0 bridgehead atoms. The summed E-state index contributed by atoms with van der Waals surface area (Å²) < 4.78 is 80.8. The number of pyridine rings is 1. The van der Waals surface area contributed by atoms with Crippen LogP contribution in [0.25, 0.3) is 0 Å². The Morgan fingerprint density at radius 3 is 2.39 bits per heavy atom. The van der Waals surface area contributed by atoms with Gasteiger partial charge in [0.25, 0.3) is 5.91 Å². The van der Waals surface area contributed by atoms with Crippen LogP contribution >= 0.6 is 23.2 Å². The van der Waals surface area contributed by atoms with Gasteiger partial charge in [0.15, 0.2) is 23.9 Å². The van der Waals surface area contributed by atoms with Crippen LogP contribution in [0.4, 0.5) is 14.5 Å². The number of hydrogen-bond donors (Lipinski definition) is 1. The van der Waals surface area contributed by atoms with Crippen molar-refractivity contribution in [2.75, 3.05) is 70.2 Å². The first-order valence-corrected chi connectivity index (χ1v) is 19.5. The third-order valence-electron chi connectivity index (χ3n) is 8.67. The predicted molar refractivity (Wildman–Crippen MR) is 194 cm³/mol. The van der Waals surface area contributed by atoms with Gasteiger partial charge in [-0.2, -0.15) is 13.5 Å². The Labute approximate surface area is 321 Å². The van der Waals surface area contributed by atoms with Gasteiger partial charge in [0, 0.05) is 43.7 Å². The van der Waals surface area contributed by atoms with Gasteiger partial charge in [-0.05, 0) is 54.7 Å². The number of esters is 1. The van der Waals surface area contributed by atoms with Gasteiger partial charge in [-0.3, -0.25) is 18.8 Å². The fourth-order valence-corrected chi connectivity index (χ4v) is 7.18. The maximum absolute atomic E-state index is 13.3. The van der Waals surface area contributed by atoms with E-state index in [1.54, 1.807) is 0 Å². The number of anilines is 1. The largest absolute Gasteiger partial charge is 0.619 e. The number of benzene rings is 2. The zero-order chi connectivity index (χ0) is 39.0. The van der Waals surface area contributed by atoms with Crippen LogP contribution in [0.3, 0.4) is 0 Å². The number of amides is 1. The Morgan fingerprint density at radius 2 is 1.76 bits per heavy atom. The van der Waals surface area contributed by atoms with Crippen LogP contribution in [0.15, 0.2) is 48.8 Å². The second-order valence-electron chi connectivity index (χ2n) is 12.7. The molecule has 14 nitrogen and oxygen atoms in total. The lowest BCUT2D eigenvalue weighted by Gasteiger charge is -2.30. The topological polar surface area (TPSA) is 160 Å². The fraction of sp³-hybridized carbons (Fsp3) is 0.457. The highest BCUT2D eigenvalue weighted by Gasteiger charge is 2.28. The number of rotatable bonds is 18. The number of ether oxygens (including phenoxy) is 5. The maximum atomic E-state index is 13.3. The van der Waals surface area contributed by atoms with Crippen molar-refractivity contribution in [3.05, 3.63) is 80.7 Å². The summed E-state index contributed by atoms with van der Waals surface area (Å²) in [7, 11) is -2.43. The Kier molecular flexibility index (Phi) is 14.0. The molecule has 3 aromatic rings. The molecule has 1 aliphatic heterocycles. The summed E-state index contributed by atoms with van der Waals surface area (Å²) in [5, 5.41) is 14.3. The first-order valence-electron chi connectivity index (χ1n) is 16.9. The van der Waals surface area contributed by atoms with E-state index in [0.29, 0.717) is 43.1 Å². The van der Waals surface area contributed by atoms with Crippen molar-refractivity contribution in [3.63, 3.8) is 0 Å². The molecule has 2 aromatic carbocycles. The summed E-state index contributed by atoms with van der Waals surface area (Å²) in [4.78, 5) is 28.7. The normalized spacial score (nSPS) is 15.4. The standard InChI is InChI=1S/C35H40Cl2F2N4O10S/c1-49-29-7-6-24(15-28(29)43(54(2,47)48)10-9-41-11-13-50-14-12-41)34(45)40-18-33(44)52-31(17-25-26(36)19-42(46)20-27(25)37)23-5-8-30(53-35(38)39)32(16-23)51-21-22-3-4-22/h5-8,15-16,19-20,22,31,35H,3-4,9-14,17-18,21H2,1-2H3,(H,40,45)/t31-/m0/s1. The van der Waals surface area contributed by atoms with E-state index in [9.17, 15) is 32.0 Å². The Hall–Kier alpha value is -4.16. The van der Waals surface area contributed by atoms with Crippen molar-refractivity contribution in [3.8, 4) is 17.2 Å². The Balaban J connectivity index is 1.34. The molecule has 1 N–H and O–H groups in total. The quantitative estimate of drug-likeness (QED) is 0.110. The highest BCUT2D eigenvalue weighted by atomic mass is 35.5. The zero-order valence-corrected chi connectivity index (χ0v) is 31.8. The van der Waals surface area contributed by atoms with Gasteiger partial charge in [0.1, 0.15) is 28.4 Å². The number of alkyl halides is 2. The minimum Gasteiger partial charge on any atom is -0.619 e. The lowest BCUT2D eigenvalue weighted by atomic mass is 10.0. The van der Waals surface area contributed by atoms with Gasteiger partial charge in [-0.15, -0.1) is 0 Å². The average molecular weight is 818 g/mol. The molecule has 0 radical (unpaired) electrons. The molecule has 5 rings (SSSR count). The summed E-state index contributed by atoms with van der Waals surface area (Å²) >= 11 is 12.7. The number of morpholine rings is 1. The van der Waals surface area contributed by atoms with Crippen molar-refractivity contribution >= 4 is 50.8 Å². The lowest BCUT2D eigenvalue weighted by Crippen LogP contribution is -2.43. The van der Waals surface area contributed by atoms with Gasteiger partial charge in [-0.1, -0.05) is 29.3 Å². The van der Waals surface area contributed by atoms with Gasteiger partial charge < -0.3 is 34.2 Å². The summed E-state index contributed by atoms with van der Waals surface area (Å²) in [5.74, 6) is -1.35. The molecule has 0 unspecified atom stereocenters. The molecule has 0 spiro atoms. The number of hydrogen-bond acceptors (Lipinski definition) is 11. The molecule has 2 aliphatic rings. The maximum Gasteiger partial charge on any atom is 0.387 e. The third-order valence-corrected chi connectivity index (χ3v) is 10.5. The Morgan fingerprint density at radius 1 is 1.07 bits per heavy atom. The molecule has 2 fully saturated rings. The van der Waals surface area contributed by atoms with Crippen LogP contribution in [0.5, 0.6) is 17.2 Å². The van der Waals surface area contributed by atoms with E-state index in [1.807, 2.05) is 0 Å². The highest BCUT2D eigenvalue weighted by molar-refractivity contribution is 7.92. The van der Waals surface area contributed by atoms with E-state index in [0.717, 1.165) is 35.8 Å². The van der Waals surface area contributed by atoms with E-state index in [1.165, 1.54) is 43.5 Å². The monoisotopic (exact) mass is 816 g/mol. The van der Waals surface area contributed by atoms with E-state index < -0.39 is 41.2 Å². The molecule has 1 aliphatic carbocycles. The highest BCUT2D eigenvalue weighted by Crippen LogP contribution is 2.38. The minimum atomic E-state index is -3.81. The SMILES string of the molecule is COc1ccc(C(=O)NCC(=O)O[C@@H](Cc2c(Cl)c[n+]([O-])cc2Cl)c2ccc(OC(F)F)c(OCC3CC3)c2)cc1N(CCN1CCOCC1)S(C)(=O)=O. The number of halogens is 4. The molecule has 1 saturated heterocycles. The molecule has 2 heterocycles. The van der Waals surface area contributed by atoms with Gasteiger partial charge in [-0.25, -0.2) is 8.42 Å². The van der Waals surface area contributed by atoms with Crippen LogP contribution in [-0.2, 0) is 30.7 Å². The zero-order valence-electron chi connectivity index (χ0n) is 29.5. The van der Waals surface area contributed by atoms with Crippen LogP contribution in [0.2, 0.25) is 10.0 Å². The number of aromatic nitrogens is 1. The fourth-order valence-electron chi connectivity index (χ4n) is 5.66. The second kappa shape index (κ2) is 18.4. The molecule has 1 saturated carbocycles. The molecule has 294 valence electrons. The second-order valence-corrected chi connectivity index (χ2v) is 15.4. The average Bonchev–Trinajstić information content (AvgIpc) is 3.95. The molecule has 19 heteroatoms. The van der Waals surface area contributed by atoms with Gasteiger partial charge in [0.2, 0.25) is 10.0 Å². The number of methoxy groups -OCH3 is 1. The van der Waals surface area contributed by atoms with Crippen molar-refractivity contribution in [2.24, 2.45) is 5.92 Å². The van der Waals surface area contributed by atoms with Crippen LogP contribution in [0, 0.1) is 11.1 Å². The smallest absolute Gasteiger partial charge is 0.387 e. The number of carbonyl (C=O) groups is 2. The summed E-state index contributed by atoms with van der Waals surface area (Å²) in [6.07, 6.45) is 3.76. The summed E-state index contributed by atoms with van der Waals surface area (Å²) in [6.45, 7) is -0.621. The van der Waals surface area contributed by atoms with Crippen molar-refractivity contribution in [2.45, 2.75) is 32.0 Å². The van der Waals surface area contributed by atoms with Crippen molar-refractivity contribution < 1.29 is 55.2 Å². The van der Waals surface area contributed by atoms with Gasteiger partial charge >= 0.3 is 12.6 Å². The van der Waals surface area contributed by atoms with E-state index >= 15 is 0 Å². The van der Waals surface area contributed by atoms with Gasteiger partial charge in [0.05, 0.1) is 38.9 Å². The first-order chi connectivity index (χ1) is 25.7. The third kappa shape index (κ3) is 11.4. The first kappa shape index (κ1) is 41.0. The van der Waals surface area contributed by atoms with Crippen LogP contribution in [-0.4, -0.2) is 97.7 Å². The molecule has 1 aromatic heterocycles. The summed E-state index contributed by atoms with van der Waals surface area (Å²) in [6, 6.07) is 8.30. The number of nitrogens with zero attached hydrogens (tertiary/aromatic N) is 3. The lowest BCUT2D eigenvalue weighted by molar-refractivity contribution is -0.605. The van der Waals surface area contributed by atoms with Crippen molar-refractivity contribution in [1.29, 1.82) is 0 Å². The number of sulfonamides is 1. The van der Waals surface area contributed by atoms with E-state index in [-0.39, 0.29) is 69.6 Å².